The van der Waals surface area contributed by atoms with Crippen molar-refractivity contribution in [2.75, 3.05) is 0 Å². The van der Waals surface area contributed by atoms with Gasteiger partial charge in [-0.2, -0.15) is 8.78 Å². The molecule has 0 unspecified atom stereocenters. The van der Waals surface area contributed by atoms with Gasteiger partial charge in [-0.15, -0.1) is 0 Å². The lowest BCUT2D eigenvalue weighted by atomic mass is 9.79. The van der Waals surface area contributed by atoms with E-state index in [4.69, 9.17) is 11.6 Å². The van der Waals surface area contributed by atoms with Gasteiger partial charge in [0.15, 0.2) is 0 Å². The fraction of sp³-hybridized carbons (Fsp3) is 0.562. The Morgan fingerprint density at radius 1 is 0.900 bits per heavy atom. The lowest BCUT2D eigenvalue weighted by Crippen LogP contribution is -2.24. The number of halogens is 3. The van der Waals surface area contributed by atoms with Gasteiger partial charge in [0.1, 0.15) is 0 Å². The highest BCUT2D eigenvalue weighted by atomic mass is 35.5. The minimum atomic E-state index is -3.87. The number of Topliss-reactive ketones (excluding diaryl/α,β-unsaturated/α-hetero) is 1. The highest BCUT2D eigenvalue weighted by Crippen LogP contribution is 2.33. The van der Waals surface area contributed by atoms with Crippen LogP contribution in [0.5, 0.6) is 0 Å². The van der Waals surface area contributed by atoms with Gasteiger partial charge in [0.2, 0.25) is 5.78 Å². The first-order valence-electron chi connectivity index (χ1n) is 6.50. The van der Waals surface area contributed by atoms with Crippen molar-refractivity contribution in [3.63, 3.8) is 0 Å². The standard InChI is InChI=1S/C16H21ClF2O/c1-14(2,3)11-7-10(13(20)16(17,18)19)8-12(9-11)15(4,5)6/h7-9H,1-6H3. The van der Waals surface area contributed by atoms with Crippen molar-refractivity contribution in [1.29, 1.82) is 0 Å². The van der Waals surface area contributed by atoms with E-state index in [2.05, 4.69) is 0 Å². The van der Waals surface area contributed by atoms with Crippen molar-refractivity contribution in [2.24, 2.45) is 0 Å². The second-order valence-electron chi connectivity index (χ2n) is 7.13. The van der Waals surface area contributed by atoms with E-state index in [1.807, 2.05) is 47.6 Å². The van der Waals surface area contributed by atoms with Crippen LogP contribution in [-0.2, 0) is 10.8 Å². The molecule has 0 aromatic heterocycles. The summed E-state index contributed by atoms with van der Waals surface area (Å²) in [6.07, 6.45) is 0. The molecule has 20 heavy (non-hydrogen) atoms. The highest BCUT2D eigenvalue weighted by Gasteiger charge is 2.37. The summed E-state index contributed by atoms with van der Waals surface area (Å²) in [6, 6.07) is 4.98. The molecule has 0 fully saturated rings. The number of hydrogen-bond acceptors (Lipinski definition) is 1. The minimum Gasteiger partial charge on any atom is -0.286 e. The number of rotatable bonds is 2. The van der Waals surface area contributed by atoms with E-state index in [1.54, 1.807) is 0 Å². The van der Waals surface area contributed by atoms with Crippen LogP contribution in [0.15, 0.2) is 18.2 Å². The predicted octanol–water partition coefficient (Wildman–Crippen LogP) is 5.30. The number of carbonyl (C=O) groups excluding carboxylic acids is 1. The third-order valence-corrected chi connectivity index (χ3v) is 3.36. The molecule has 0 aliphatic rings. The Labute approximate surface area is 124 Å². The van der Waals surface area contributed by atoms with Crippen molar-refractivity contribution in [3.8, 4) is 0 Å². The van der Waals surface area contributed by atoms with Crippen LogP contribution in [0.25, 0.3) is 0 Å². The predicted molar refractivity (Wildman–Crippen MR) is 79.0 cm³/mol. The van der Waals surface area contributed by atoms with E-state index in [0.29, 0.717) is 0 Å². The molecular formula is C16H21ClF2O. The molecule has 0 bridgehead atoms. The lowest BCUT2D eigenvalue weighted by Gasteiger charge is -2.26. The summed E-state index contributed by atoms with van der Waals surface area (Å²) < 4.78 is 26.1. The van der Waals surface area contributed by atoms with Gasteiger partial charge >= 0.3 is 5.38 Å². The van der Waals surface area contributed by atoms with Crippen LogP contribution in [-0.4, -0.2) is 11.2 Å². The van der Waals surface area contributed by atoms with Gasteiger partial charge in [-0.05, 0) is 45.7 Å². The first-order valence-corrected chi connectivity index (χ1v) is 6.88. The average molecular weight is 303 g/mol. The second kappa shape index (κ2) is 5.10. The zero-order chi connectivity index (χ0) is 15.9. The monoisotopic (exact) mass is 302 g/mol. The maximum atomic E-state index is 13.1. The third kappa shape index (κ3) is 4.02. The molecular weight excluding hydrogens is 282 g/mol. The number of ketones is 1. The minimum absolute atomic E-state index is 0.0395. The Bertz CT molecular complexity index is 484. The zero-order valence-corrected chi connectivity index (χ0v) is 13.5. The summed E-state index contributed by atoms with van der Waals surface area (Å²) in [5, 5.41) is -3.87. The van der Waals surface area contributed by atoms with E-state index in [-0.39, 0.29) is 16.4 Å². The molecule has 0 radical (unpaired) electrons. The molecule has 0 amide bonds. The molecule has 1 nitrogen and oxygen atoms in total. The summed E-state index contributed by atoms with van der Waals surface area (Å²) in [5.41, 5.74) is 1.17. The Morgan fingerprint density at radius 3 is 1.50 bits per heavy atom. The first-order chi connectivity index (χ1) is 8.73. The Balaban J connectivity index is 3.51. The first kappa shape index (κ1) is 17.1. The molecule has 0 N–H and O–H groups in total. The Kier molecular flexibility index (Phi) is 4.36. The normalized spacial score (nSPS) is 13.4. The Morgan fingerprint density at radius 2 is 1.25 bits per heavy atom. The molecule has 112 valence electrons. The summed E-state index contributed by atoms with van der Waals surface area (Å²) in [7, 11) is 0. The number of benzene rings is 1. The third-order valence-electron chi connectivity index (χ3n) is 3.18. The van der Waals surface area contributed by atoms with Gasteiger partial charge in [-0.3, -0.25) is 4.79 Å². The van der Waals surface area contributed by atoms with Gasteiger partial charge in [0, 0.05) is 5.56 Å². The molecule has 1 aromatic carbocycles. The van der Waals surface area contributed by atoms with Crippen LogP contribution < -0.4 is 0 Å². The van der Waals surface area contributed by atoms with Crippen LogP contribution in [0.1, 0.15) is 63.0 Å². The summed E-state index contributed by atoms with van der Waals surface area (Å²) >= 11 is 4.87. The fourth-order valence-corrected chi connectivity index (χ4v) is 1.90. The second-order valence-corrected chi connectivity index (χ2v) is 7.60. The van der Waals surface area contributed by atoms with Gasteiger partial charge in [0.25, 0.3) is 0 Å². The molecule has 0 saturated heterocycles. The molecule has 0 aliphatic carbocycles. The Hall–Kier alpha value is -0.960. The van der Waals surface area contributed by atoms with E-state index in [9.17, 15) is 13.6 Å². The fourth-order valence-electron chi connectivity index (χ4n) is 1.79. The van der Waals surface area contributed by atoms with Gasteiger partial charge < -0.3 is 0 Å². The number of alkyl halides is 3. The molecule has 0 spiro atoms. The topological polar surface area (TPSA) is 17.1 Å². The van der Waals surface area contributed by atoms with E-state index in [0.717, 1.165) is 11.1 Å². The summed E-state index contributed by atoms with van der Waals surface area (Å²) in [6.45, 7) is 11.8. The summed E-state index contributed by atoms with van der Waals surface area (Å²) in [4.78, 5) is 11.7. The van der Waals surface area contributed by atoms with E-state index < -0.39 is 11.2 Å². The van der Waals surface area contributed by atoms with Crippen LogP contribution >= 0.6 is 11.6 Å². The quantitative estimate of drug-likeness (QED) is 0.535. The van der Waals surface area contributed by atoms with Gasteiger partial charge in [0.05, 0.1) is 0 Å². The van der Waals surface area contributed by atoms with Crippen LogP contribution in [0.4, 0.5) is 8.78 Å². The molecule has 4 heteroatoms. The highest BCUT2D eigenvalue weighted by molar-refractivity contribution is 6.35. The number of hydrogen-bond donors (Lipinski definition) is 0. The molecule has 0 atom stereocenters. The molecule has 1 aromatic rings. The molecule has 0 aliphatic heterocycles. The van der Waals surface area contributed by atoms with Crippen molar-refractivity contribution in [2.45, 2.75) is 57.8 Å². The molecule has 0 saturated carbocycles. The van der Waals surface area contributed by atoms with E-state index >= 15 is 0 Å². The van der Waals surface area contributed by atoms with Crippen LogP contribution in [0.3, 0.4) is 0 Å². The lowest BCUT2D eigenvalue weighted by molar-refractivity contribution is 0.0536. The average Bonchev–Trinajstić information content (AvgIpc) is 2.23. The van der Waals surface area contributed by atoms with Crippen LogP contribution in [0, 0.1) is 0 Å². The number of carbonyl (C=O) groups is 1. The van der Waals surface area contributed by atoms with Crippen molar-refractivity contribution in [3.05, 3.63) is 34.9 Å². The maximum Gasteiger partial charge on any atom is 0.384 e. The summed E-state index contributed by atoms with van der Waals surface area (Å²) in [5.74, 6) is -1.35. The van der Waals surface area contributed by atoms with Crippen molar-refractivity contribution < 1.29 is 13.6 Å². The SMILES string of the molecule is CC(C)(C)c1cc(C(=O)C(F)(F)Cl)cc(C(C)(C)C)c1. The molecule has 1 rings (SSSR count). The van der Waals surface area contributed by atoms with E-state index in [1.165, 1.54) is 12.1 Å². The largest absolute Gasteiger partial charge is 0.384 e. The van der Waals surface area contributed by atoms with Gasteiger partial charge in [-0.25, -0.2) is 0 Å². The maximum absolute atomic E-state index is 13.1. The van der Waals surface area contributed by atoms with Crippen molar-refractivity contribution >= 4 is 17.4 Å². The van der Waals surface area contributed by atoms with Crippen molar-refractivity contribution in [1.82, 2.24) is 0 Å². The van der Waals surface area contributed by atoms with Gasteiger partial charge in [-0.1, -0.05) is 47.6 Å². The zero-order valence-electron chi connectivity index (χ0n) is 12.8. The van der Waals surface area contributed by atoms with Crippen LogP contribution in [0.2, 0.25) is 0 Å². The smallest absolute Gasteiger partial charge is 0.286 e. The molecule has 0 heterocycles.